The van der Waals surface area contributed by atoms with Crippen molar-refractivity contribution in [3.63, 3.8) is 0 Å². The van der Waals surface area contributed by atoms with Crippen LogP contribution in [0, 0.1) is 0 Å². The second-order valence-electron chi connectivity index (χ2n) is 9.40. The van der Waals surface area contributed by atoms with E-state index >= 15 is 0 Å². The van der Waals surface area contributed by atoms with Gasteiger partial charge in [-0.05, 0) is 36.4 Å². The van der Waals surface area contributed by atoms with Crippen LogP contribution < -0.4 is 10.4 Å². The Hall–Kier alpha value is -1.41. The second kappa shape index (κ2) is 12.2. The van der Waals surface area contributed by atoms with Crippen molar-refractivity contribution in [1.82, 2.24) is 0 Å². The molecule has 8 heteroatoms. The van der Waals surface area contributed by atoms with Gasteiger partial charge in [0, 0.05) is 0 Å². The summed E-state index contributed by atoms with van der Waals surface area (Å²) >= 11 is 0.194. The molecule has 0 saturated carbocycles. The van der Waals surface area contributed by atoms with Crippen molar-refractivity contribution in [3.8, 4) is 0 Å². The standard InChI is InChI=1S/C24H30N2OSi2.2ClH.Fe/c1-28(2,3)23-13-7-19(8-14-23)25-17-21-11-12-22(27-21)18-26-20-9-15-24(16-10-20)29(4,5)6;;;/h7-18H,1-6H3;2*1H;/q;;;+2/p-2. The van der Waals surface area contributed by atoms with Crippen LogP contribution in [0.25, 0.3) is 0 Å². The van der Waals surface area contributed by atoms with E-state index in [-0.39, 0.29) is 13.1 Å². The molecule has 0 aliphatic heterocycles. The molecule has 0 aliphatic carbocycles. The van der Waals surface area contributed by atoms with Gasteiger partial charge in [-0.15, -0.1) is 0 Å². The van der Waals surface area contributed by atoms with E-state index in [1.54, 1.807) is 12.4 Å². The third-order valence-corrected chi connectivity index (χ3v) is 8.93. The number of halogens is 2. The van der Waals surface area contributed by atoms with E-state index in [0.717, 1.165) is 22.9 Å². The predicted molar refractivity (Wildman–Crippen MR) is 144 cm³/mol. The molecule has 3 aromatic rings. The summed E-state index contributed by atoms with van der Waals surface area (Å²) in [6.45, 7) is 14.1. The number of aliphatic imine (C=N–C) groups is 2. The van der Waals surface area contributed by atoms with Crippen molar-refractivity contribution in [3.05, 3.63) is 72.2 Å². The molecular formula is C24H30Cl2FeN2OSi2. The van der Waals surface area contributed by atoms with Crippen LogP contribution in [0.1, 0.15) is 11.5 Å². The van der Waals surface area contributed by atoms with Gasteiger partial charge in [0.15, 0.2) is 0 Å². The van der Waals surface area contributed by atoms with E-state index in [1.165, 1.54) is 10.4 Å². The fraction of sp³-hybridized carbons (Fsp3) is 0.250. The topological polar surface area (TPSA) is 37.9 Å². The number of hydrogen-bond donors (Lipinski definition) is 0. The maximum atomic E-state index is 5.80. The molecule has 0 unspecified atom stereocenters. The average Bonchev–Trinajstić information content (AvgIpc) is 3.19. The van der Waals surface area contributed by atoms with Gasteiger partial charge < -0.3 is 4.42 Å². The first-order valence-electron chi connectivity index (χ1n) is 10.3. The molecule has 3 rings (SSSR count). The van der Waals surface area contributed by atoms with E-state index < -0.39 is 16.1 Å². The predicted octanol–water partition coefficient (Wildman–Crippen LogP) is 7.25. The van der Waals surface area contributed by atoms with Crippen molar-refractivity contribution in [2.45, 2.75) is 39.3 Å². The SMILES string of the molecule is C[Si](C)(C)c1ccc(N=Cc2ccc(C=Nc3ccc([Si](C)(C)C)cc3)o2)cc1.[Cl][Fe][Cl]. The Morgan fingerprint density at radius 1 is 0.625 bits per heavy atom. The van der Waals surface area contributed by atoms with Crippen LogP contribution in [-0.4, -0.2) is 28.6 Å². The monoisotopic (exact) mass is 544 g/mol. The molecule has 0 fully saturated rings. The van der Waals surface area contributed by atoms with Crippen LogP contribution in [0.2, 0.25) is 39.3 Å². The Morgan fingerprint density at radius 2 is 0.938 bits per heavy atom. The molecule has 1 heterocycles. The molecule has 0 aliphatic rings. The fourth-order valence-electron chi connectivity index (χ4n) is 2.88. The van der Waals surface area contributed by atoms with E-state index in [0.29, 0.717) is 0 Å². The quantitative estimate of drug-likeness (QED) is 0.238. The fourth-order valence-corrected chi connectivity index (χ4v) is 5.21. The van der Waals surface area contributed by atoms with E-state index in [2.05, 4.69) is 97.8 Å². The molecule has 32 heavy (non-hydrogen) atoms. The van der Waals surface area contributed by atoms with Crippen LogP contribution in [0.15, 0.2) is 75.1 Å². The summed E-state index contributed by atoms with van der Waals surface area (Å²) in [7, 11) is 6.98. The first-order chi connectivity index (χ1) is 15.0. The third kappa shape index (κ3) is 8.85. The zero-order chi connectivity index (χ0) is 23.8. The van der Waals surface area contributed by atoms with Crippen molar-refractivity contribution in [1.29, 1.82) is 0 Å². The van der Waals surface area contributed by atoms with Crippen LogP contribution in [-0.2, 0) is 13.1 Å². The number of furan rings is 1. The molecule has 0 N–H and O–H groups in total. The number of benzene rings is 2. The van der Waals surface area contributed by atoms with Crippen LogP contribution in [0.3, 0.4) is 0 Å². The van der Waals surface area contributed by atoms with Gasteiger partial charge in [-0.1, -0.05) is 73.9 Å². The van der Waals surface area contributed by atoms with Crippen molar-refractivity contribution >= 4 is 70.5 Å². The Morgan fingerprint density at radius 3 is 1.22 bits per heavy atom. The molecule has 0 amide bonds. The van der Waals surface area contributed by atoms with Gasteiger partial charge in [0.25, 0.3) is 0 Å². The summed E-state index contributed by atoms with van der Waals surface area (Å²) in [5, 5.41) is 2.87. The van der Waals surface area contributed by atoms with Gasteiger partial charge in [-0.2, -0.15) is 0 Å². The van der Waals surface area contributed by atoms with Gasteiger partial charge in [0.05, 0.1) is 40.0 Å². The normalized spacial score (nSPS) is 12.4. The Balaban J connectivity index is 0.00000114. The zero-order valence-electron chi connectivity index (χ0n) is 19.3. The molecule has 0 atom stereocenters. The third-order valence-electron chi connectivity index (χ3n) is 4.80. The molecule has 2 aromatic carbocycles. The molecule has 172 valence electrons. The van der Waals surface area contributed by atoms with Gasteiger partial charge in [-0.3, -0.25) is 9.98 Å². The molecule has 1 aromatic heterocycles. The molecular weight excluding hydrogens is 515 g/mol. The van der Waals surface area contributed by atoms with Crippen molar-refractivity contribution in [2.75, 3.05) is 0 Å². The first kappa shape index (κ1) is 26.8. The zero-order valence-corrected chi connectivity index (χ0v) is 24.0. The summed E-state index contributed by atoms with van der Waals surface area (Å²) in [6, 6.07) is 20.8. The minimum absolute atomic E-state index is 0.194. The molecule has 0 radical (unpaired) electrons. The van der Waals surface area contributed by atoms with Crippen molar-refractivity contribution < 1.29 is 17.6 Å². The van der Waals surface area contributed by atoms with Crippen molar-refractivity contribution in [2.24, 2.45) is 9.98 Å². The van der Waals surface area contributed by atoms with Gasteiger partial charge in [0.1, 0.15) is 11.5 Å². The van der Waals surface area contributed by atoms with E-state index in [1.807, 2.05) is 12.1 Å². The Labute approximate surface area is 208 Å². The summed E-state index contributed by atoms with van der Waals surface area (Å²) in [5.41, 5.74) is 1.86. The Bertz CT molecular complexity index is 954. The number of hydrogen-bond acceptors (Lipinski definition) is 3. The number of nitrogens with zero attached hydrogens (tertiary/aromatic N) is 2. The van der Waals surface area contributed by atoms with Crippen LogP contribution in [0.5, 0.6) is 0 Å². The van der Waals surface area contributed by atoms with Gasteiger partial charge in [-0.25, -0.2) is 0 Å². The average molecular weight is 545 g/mol. The first-order valence-corrected chi connectivity index (χ1v) is 20.3. The second-order valence-corrected chi connectivity index (χ2v) is 21.4. The van der Waals surface area contributed by atoms with Crippen LogP contribution >= 0.6 is 20.2 Å². The summed E-state index contributed by atoms with van der Waals surface area (Å²) in [4.78, 5) is 9.04. The van der Waals surface area contributed by atoms with E-state index in [9.17, 15) is 0 Å². The summed E-state index contributed by atoms with van der Waals surface area (Å²) in [5.74, 6) is 1.43. The molecule has 0 spiro atoms. The molecule has 3 nitrogen and oxygen atoms in total. The number of rotatable bonds is 6. The van der Waals surface area contributed by atoms with Gasteiger partial charge >= 0.3 is 33.3 Å². The van der Waals surface area contributed by atoms with Gasteiger partial charge in [0.2, 0.25) is 0 Å². The Kier molecular flexibility index (Phi) is 10.2. The summed E-state index contributed by atoms with van der Waals surface area (Å²) in [6.07, 6.45) is 3.51. The van der Waals surface area contributed by atoms with E-state index in [4.69, 9.17) is 24.6 Å². The molecule has 0 saturated heterocycles. The minimum atomic E-state index is -1.27. The summed E-state index contributed by atoms with van der Waals surface area (Å²) < 4.78 is 5.80. The maximum absolute atomic E-state index is 5.80. The van der Waals surface area contributed by atoms with Crippen LogP contribution in [0.4, 0.5) is 11.4 Å². The molecule has 0 bridgehead atoms.